The van der Waals surface area contributed by atoms with Crippen molar-refractivity contribution >= 4 is 17.7 Å². The summed E-state index contributed by atoms with van der Waals surface area (Å²) in [6.07, 6.45) is 4.63. The molecular weight excluding hydrogens is 419 g/mol. The lowest BCUT2D eigenvalue weighted by Gasteiger charge is -2.39. The topological polar surface area (TPSA) is 120 Å². The normalized spacial score (nSPS) is 24.2. The number of fused-ring (bicyclic) bond motifs is 2. The van der Waals surface area contributed by atoms with E-state index in [9.17, 15) is 24.3 Å². The van der Waals surface area contributed by atoms with Crippen LogP contribution in [0.4, 0.5) is 10.2 Å². The molecule has 9 nitrogen and oxygen atoms in total. The number of aromatic nitrogens is 3. The molecule has 2 N–H and O–H groups in total. The number of nitrogens with zero attached hydrogens (tertiary/aromatic N) is 3. The fraction of sp³-hybridized carbons (Fsp3) is 0.273. The van der Waals surface area contributed by atoms with E-state index in [0.717, 1.165) is 0 Å². The van der Waals surface area contributed by atoms with Crippen LogP contribution in [0.3, 0.4) is 0 Å². The Hall–Kier alpha value is -3.79. The summed E-state index contributed by atoms with van der Waals surface area (Å²) in [5.74, 6) is -1.26. The van der Waals surface area contributed by atoms with E-state index in [1.807, 2.05) is 0 Å². The summed E-state index contributed by atoms with van der Waals surface area (Å²) < 4.78 is 20.8. The monoisotopic (exact) mass is 438 g/mol. The van der Waals surface area contributed by atoms with E-state index in [1.165, 1.54) is 35.3 Å². The number of halogens is 1. The number of anilines is 1. The van der Waals surface area contributed by atoms with E-state index >= 15 is 0 Å². The van der Waals surface area contributed by atoms with Crippen LogP contribution < -0.4 is 10.0 Å². The maximum atomic E-state index is 13.1. The van der Waals surface area contributed by atoms with Gasteiger partial charge in [-0.25, -0.2) is 13.9 Å². The van der Waals surface area contributed by atoms with Gasteiger partial charge in [0.05, 0.1) is 16.8 Å². The summed E-state index contributed by atoms with van der Waals surface area (Å²) in [4.78, 5) is 25.0. The summed E-state index contributed by atoms with van der Waals surface area (Å²) in [6.45, 7) is 0. The van der Waals surface area contributed by atoms with Gasteiger partial charge in [-0.15, -0.1) is 0 Å². The van der Waals surface area contributed by atoms with Crippen LogP contribution in [0.25, 0.3) is 5.69 Å². The molecular formula is C22H19FN4O5. The second kappa shape index (κ2) is 7.13. The van der Waals surface area contributed by atoms with Gasteiger partial charge in [-0.3, -0.25) is 4.79 Å². The van der Waals surface area contributed by atoms with Crippen molar-refractivity contribution in [1.82, 2.24) is 9.78 Å². The van der Waals surface area contributed by atoms with Crippen molar-refractivity contribution in [2.45, 2.75) is 36.9 Å². The third-order valence-corrected chi connectivity index (χ3v) is 6.16. The number of aliphatic hydroxyl groups is 1. The Morgan fingerprint density at radius 2 is 1.91 bits per heavy atom. The first-order chi connectivity index (χ1) is 15.3. The molecule has 1 spiro atoms. The van der Waals surface area contributed by atoms with Crippen LogP contribution in [0, 0.1) is 11.0 Å². The number of amides is 1. The van der Waals surface area contributed by atoms with E-state index in [2.05, 4.69) is 10.4 Å². The maximum absolute atomic E-state index is 13.1. The number of hydrogen-bond donors (Lipinski definition) is 2. The standard InChI is InChI=1S/C22H19FN4O5/c23-14-1-3-15(4-2-14)27-12-6-18(25-27)24-20(29)21(30)7-9-22(10-8-21)17-13-26(31)11-5-16(17)19(28)32-22/h1-6,11-13,30H,7-10H2,(H,24,25,29). The third-order valence-electron chi connectivity index (χ3n) is 6.16. The lowest BCUT2D eigenvalue weighted by Crippen LogP contribution is -2.49. The van der Waals surface area contributed by atoms with Gasteiger partial charge in [0, 0.05) is 18.3 Å². The Bertz CT molecular complexity index is 1220. The smallest absolute Gasteiger partial charge is 0.339 e. The average Bonchev–Trinajstić information content (AvgIpc) is 3.34. The number of esters is 1. The minimum absolute atomic E-state index is 0.0397. The van der Waals surface area contributed by atoms with Gasteiger partial charge in [-0.1, -0.05) is 0 Å². The van der Waals surface area contributed by atoms with Gasteiger partial charge in [0.25, 0.3) is 5.91 Å². The highest BCUT2D eigenvalue weighted by Crippen LogP contribution is 2.48. The predicted molar refractivity (Wildman–Crippen MR) is 108 cm³/mol. The van der Waals surface area contributed by atoms with Crippen molar-refractivity contribution < 1.29 is 28.6 Å². The van der Waals surface area contributed by atoms with Crippen LogP contribution in [0.1, 0.15) is 41.6 Å². The lowest BCUT2D eigenvalue weighted by atomic mass is 9.73. The highest BCUT2D eigenvalue weighted by Gasteiger charge is 2.54. The molecule has 164 valence electrons. The molecule has 0 atom stereocenters. The highest BCUT2D eigenvalue weighted by atomic mass is 19.1. The van der Waals surface area contributed by atoms with Gasteiger partial charge in [0.1, 0.15) is 17.0 Å². The van der Waals surface area contributed by atoms with Crippen molar-refractivity contribution in [3.8, 4) is 5.69 Å². The molecule has 1 aliphatic carbocycles. The van der Waals surface area contributed by atoms with E-state index in [0.29, 0.717) is 21.5 Å². The third kappa shape index (κ3) is 3.28. The number of carbonyl (C=O) groups excluding carboxylic acids is 2. The molecule has 2 aliphatic rings. The molecule has 1 saturated carbocycles. The number of rotatable bonds is 3. The largest absolute Gasteiger partial charge is 0.619 e. The van der Waals surface area contributed by atoms with E-state index < -0.39 is 23.1 Å². The lowest BCUT2D eigenvalue weighted by molar-refractivity contribution is -0.606. The SMILES string of the molecule is O=C1OC2(CCC(O)(C(=O)Nc3ccn(-c4ccc(F)cc4)n3)CC2)c2c[n+]([O-])ccc21. The van der Waals surface area contributed by atoms with Crippen LogP contribution in [0.5, 0.6) is 0 Å². The summed E-state index contributed by atoms with van der Waals surface area (Å²) in [5, 5.41) is 29.6. The first-order valence-corrected chi connectivity index (χ1v) is 10.1. The van der Waals surface area contributed by atoms with E-state index in [1.54, 1.807) is 24.4 Å². The number of ether oxygens (including phenoxy) is 1. The predicted octanol–water partition coefficient (Wildman–Crippen LogP) is 1.95. The molecule has 0 bridgehead atoms. The Kier molecular flexibility index (Phi) is 4.48. The quantitative estimate of drug-likeness (QED) is 0.366. The van der Waals surface area contributed by atoms with Crippen molar-refractivity contribution in [2.75, 3.05) is 5.32 Å². The fourth-order valence-corrected chi connectivity index (χ4v) is 4.33. The van der Waals surface area contributed by atoms with Gasteiger partial charge >= 0.3 is 5.97 Å². The van der Waals surface area contributed by atoms with Gasteiger partial charge < -0.3 is 20.4 Å². The molecule has 3 aromatic rings. The molecule has 10 heteroatoms. The van der Waals surface area contributed by atoms with Crippen molar-refractivity contribution in [2.24, 2.45) is 0 Å². The first kappa shape index (κ1) is 20.1. The zero-order valence-electron chi connectivity index (χ0n) is 16.8. The van der Waals surface area contributed by atoms with E-state index in [4.69, 9.17) is 4.74 Å². The van der Waals surface area contributed by atoms with Crippen molar-refractivity contribution in [3.05, 3.63) is 77.1 Å². The van der Waals surface area contributed by atoms with Crippen LogP contribution >= 0.6 is 0 Å². The first-order valence-electron chi connectivity index (χ1n) is 10.1. The van der Waals surface area contributed by atoms with Gasteiger partial charge in [0.2, 0.25) is 0 Å². The van der Waals surface area contributed by atoms with Gasteiger partial charge in [-0.05, 0) is 49.9 Å². The molecule has 1 fully saturated rings. The molecule has 1 aromatic carbocycles. The molecule has 2 aromatic heterocycles. The number of hydrogen-bond acceptors (Lipinski definition) is 6. The van der Waals surface area contributed by atoms with Crippen LogP contribution in [-0.4, -0.2) is 32.4 Å². The number of benzene rings is 1. The minimum atomic E-state index is -1.68. The maximum Gasteiger partial charge on any atom is 0.339 e. The van der Waals surface area contributed by atoms with Crippen LogP contribution in [-0.2, 0) is 15.1 Å². The summed E-state index contributed by atoms with van der Waals surface area (Å²) in [6, 6.07) is 8.69. The van der Waals surface area contributed by atoms with Crippen LogP contribution in [0.15, 0.2) is 55.0 Å². The Morgan fingerprint density at radius 1 is 1.19 bits per heavy atom. The number of pyridine rings is 1. The van der Waals surface area contributed by atoms with Crippen molar-refractivity contribution in [1.29, 1.82) is 0 Å². The Balaban J connectivity index is 1.29. The summed E-state index contributed by atoms with van der Waals surface area (Å²) >= 11 is 0. The highest BCUT2D eigenvalue weighted by molar-refractivity contribution is 5.97. The van der Waals surface area contributed by atoms with Crippen molar-refractivity contribution in [3.63, 3.8) is 0 Å². The Labute approximate surface area is 181 Å². The molecule has 1 aliphatic heterocycles. The summed E-state index contributed by atoms with van der Waals surface area (Å²) in [5.41, 5.74) is -1.26. The molecule has 0 radical (unpaired) electrons. The zero-order chi connectivity index (χ0) is 22.5. The number of carbonyl (C=O) groups is 2. The molecule has 5 rings (SSSR count). The molecule has 3 heterocycles. The zero-order valence-corrected chi connectivity index (χ0v) is 16.8. The second-order valence-electron chi connectivity index (χ2n) is 8.12. The molecule has 0 saturated heterocycles. The molecule has 1 amide bonds. The fourth-order valence-electron chi connectivity index (χ4n) is 4.33. The van der Waals surface area contributed by atoms with Crippen LogP contribution in [0.2, 0.25) is 0 Å². The minimum Gasteiger partial charge on any atom is -0.619 e. The molecule has 0 unspecified atom stereocenters. The summed E-state index contributed by atoms with van der Waals surface area (Å²) in [7, 11) is 0. The molecule has 32 heavy (non-hydrogen) atoms. The van der Waals surface area contributed by atoms with Gasteiger partial charge in [-0.2, -0.15) is 9.83 Å². The average molecular weight is 438 g/mol. The number of nitrogens with one attached hydrogen (secondary N) is 1. The Morgan fingerprint density at radius 3 is 2.62 bits per heavy atom. The van der Waals surface area contributed by atoms with E-state index in [-0.39, 0.29) is 37.3 Å². The second-order valence-corrected chi connectivity index (χ2v) is 8.12. The van der Waals surface area contributed by atoms with Gasteiger partial charge in [0.15, 0.2) is 18.2 Å².